The molecule has 0 bridgehead atoms. The molecule has 20 heavy (non-hydrogen) atoms. The summed E-state index contributed by atoms with van der Waals surface area (Å²) in [4.78, 5) is 2.25. The molecular formula is C14H27F3N2O. The van der Waals surface area contributed by atoms with E-state index >= 15 is 0 Å². The molecule has 0 spiro atoms. The van der Waals surface area contributed by atoms with E-state index in [0.717, 1.165) is 26.1 Å². The average Bonchev–Trinajstić information content (AvgIpc) is 2.85. The molecule has 2 unspecified atom stereocenters. The molecule has 6 heteroatoms. The number of hydrogen-bond acceptors (Lipinski definition) is 3. The summed E-state index contributed by atoms with van der Waals surface area (Å²) < 4.78 is 41.7. The van der Waals surface area contributed by atoms with Crippen molar-refractivity contribution in [2.24, 2.45) is 0 Å². The van der Waals surface area contributed by atoms with Gasteiger partial charge in [-0.25, -0.2) is 0 Å². The topological polar surface area (TPSA) is 24.5 Å². The summed E-state index contributed by atoms with van der Waals surface area (Å²) in [6, 6.07) is 0.631. The molecule has 120 valence electrons. The number of nitrogens with one attached hydrogen (secondary N) is 1. The minimum atomic E-state index is -4.04. The van der Waals surface area contributed by atoms with Crippen molar-refractivity contribution in [1.82, 2.24) is 10.2 Å². The van der Waals surface area contributed by atoms with Crippen LogP contribution in [0.2, 0.25) is 0 Å². The third kappa shape index (κ3) is 7.45. The van der Waals surface area contributed by atoms with E-state index in [-0.39, 0.29) is 12.5 Å². The van der Waals surface area contributed by atoms with Crippen LogP contribution in [0.5, 0.6) is 0 Å². The highest BCUT2D eigenvalue weighted by molar-refractivity contribution is 4.80. The van der Waals surface area contributed by atoms with Crippen molar-refractivity contribution in [1.29, 1.82) is 0 Å². The zero-order valence-corrected chi connectivity index (χ0v) is 12.5. The van der Waals surface area contributed by atoms with Gasteiger partial charge in [0.25, 0.3) is 0 Å². The Kier molecular flexibility index (Phi) is 7.84. The largest absolute Gasteiger partial charge is 0.389 e. The molecule has 1 rings (SSSR count). The van der Waals surface area contributed by atoms with Gasteiger partial charge < -0.3 is 10.1 Å². The summed E-state index contributed by atoms with van der Waals surface area (Å²) >= 11 is 0. The average molecular weight is 296 g/mol. The van der Waals surface area contributed by atoms with Crippen LogP contribution in [0.4, 0.5) is 13.2 Å². The van der Waals surface area contributed by atoms with Gasteiger partial charge in [0.2, 0.25) is 0 Å². The van der Waals surface area contributed by atoms with E-state index < -0.39 is 12.6 Å². The summed E-state index contributed by atoms with van der Waals surface area (Å²) in [6.45, 7) is 5.36. The molecule has 0 amide bonds. The van der Waals surface area contributed by atoms with Crippen molar-refractivity contribution in [3.8, 4) is 0 Å². The van der Waals surface area contributed by atoms with Crippen LogP contribution in [-0.4, -0.2) is 56.5 Å². The standard InChI is InChI=1S/C14H27F3N2O/c1-12(5-3-7-14(15,16)17)19(9-10-20-2)11-13-6-4-8-18-13/h12-13,18H,3-11H2,1-2H3. The van der Waals surface area contributed by atoms with E-state index in [0.29, 0.717) is 19.1 Å². The number of rotatable bonds is 9. The number of methoxy groups -OCH3 is 1. The highest BCUT2D eigenvalue weighted by Crippen LogP contribution is 2.23. The van der Waals surface area contributed by atoms with Crippen LogP contribution in [0, 0.1) is 0 Å². The van der Waals surface area contributed by atoms with Gasteiger partial charge in [0.05, 0.1) is 6.61 Å². The third-order valence-corrected chi connectivity index (χ3v) is 3.91. The quantitative estimate of drug-likeness (QED) is 0.708. The first-order valence-corrected chi connectivity index (χ1v) is 7.45. The van der Waals surface area contributed by atoms with Crippen LogP contribution >= 0.6 is 0 Å². The van der Waals surface area contributed by atoms with E-state index in [9.17, 15) is 13.2 Å². The van der Waals surface area contributed by atoms with Crippen LogP contribution < -0.4 is 5.32 Å². The molecule has 0 aromatic carbocycles. The van der Waals surface area contributed by atoms with Crippen LogP contribution in [0.15, 0.2) is 0 Å². The van der Waals surface area contributed by atoms with Crippen LogP contribution in [0.3, 0.4) is 0 Å². The maximum absolute atomic E-state index is 12.2. The van der Waals surface area contributed by atoms with Crippen LogP contribution in [-0.2, 0) is 4.74 Å². The Labute approximate surface area is 119 Å². The smallest absolute Gasteiger partial charge is 0.383 e. The van der Waals surface area contributed by atoms with Gasteiger partial charge in [-0.05, 0) is 39.2 Å². The number of nitrogens with zero attached hydrogens (tertiary/aromatic N) is 1. The van der Waals surface area contributed by atoms with Gasteiger partial charge in [-0.1, -0.05) is 0 Å². The lowest BCUT2D eigenvalue weighted by Crippen LogP contribution is -2.43. The molecule has 2 atom stereocenters. The van der Waals surface area contributed by atoms with E-state index in [4.69, 9.17) is 4.74 Å². The lowest BCUT2D eigenvalue weighted by molar-refractivity contribution is -0.136. The molecule has 0 aromatic heterocycles. The number of halogens is 3. The van der Waals surface area contributed by atoms with Crippen molar-refractivity contribution in [3.63, 3.8) is 0 Å². The Bertz CT molecular complexity index is 255. The molecule has 1 aliphatic heterocycles. The highest BCUT2D eigenvalue weighted by atomic mass is 19.4. The fourth-order valence-electron chi connectivity index (χ4n) is 2.68. The van der Waals surface area contributed by atoms with Crippen molar-refractivity contribution in [2.45, 2.75) is 57.3 Å². The third-order valence-electron chi connectivity index (χ3n) is 3.91. The van der Waals surface area contributed by atoms with Gasteiger partial charge in [-0.2, -0.15) is 13.2 Å². The SMILES string of the molecule is COCCN(CC1CCCN1)C(C)CCCC(F)(F)F. The number of alkyl halides is 3. The molecule has 1 heterocycles. The summed E-state index contributed by atoms with van der Waals surface area (Å²) in [5, 5.41) is 3.44. The van der Waals surface area contributed by atoms with Gasteiger partial charge in [0.1, 0.15) is 0 Å². The van der Waals surface area contributed by atoms with Gasteiger partial charge in [0, 0.05) is 38.7 Å². The fraction of sp³-hybridized carbons (Fsp3) is 1.00. The monoisotopic (exact) mass is 296 g/mol. The Balaban J connectivity index is 2.35. The van der Waals surface area contributed by atoms with Crippen molar-refractivity contribution < 1.29 is 17.9 Å². The van der Waals surface area contributed by atoms with Crippen molar-refractivity contribution in [2.75, 3.05) is 33.4 Å². The first-order valence-electron chi connectivity index (χ1n) is 7.45. The summed E-state index contributed by atoms with van der Waals surface area (Å²) in [5.74, 6) is 0. The predicted octanol–water partition coefficient (Wildman–Crippen LogP) is 2.81. The van der Waals surface area contributed by atoms with Crippen molar-refractivity contribution >= 4 is 0 Å². The molecular weight excluding hydrogens is 269 g/mol. The maximum atomic E-state index is 12.2. The first kappa shape index (κ1) is 17.7. The molecule has 0 aromatic rings. The van der Waals surface area contributed by atoms with E-state index in [1.807, 2.05) is 6.92 Å². The first-order chi connectivity index (χ1) is 9.42. The molecule has 3 nitrogen and oxygen atoms in total. The lowest BCUT2D eigenvalue weighted by atomic mass is 10.1. The Hall–Kier alpha value is -0.330. The normalized spacial score (nSPS) is 21.6. The number of ether oxygens (including phenoxy) is 1. The Morgan fingerprint density at radius 3 is 2.70 bits per heavy atom. The molecule has 1 aliphatic rings. The number of hydrogen-bond donors (Lipinski definition) is 1. The molecule has 1 N–H and O–H groups in total. The Morgan fingerprint density at radius 2 is 2.15 bits per heavy atom. The molecule has 0 aliphatic carbocycles. The van der Waals surface area contributed by atoms with Gasteiger partial charge in [-0.3, -0.25) is 4.90 Å². The molecule has 0 saturated carbocycles. The van der Waals surface area contributed by atoms with Crippen molar-refractivity contribution in [3.05, 3.63) is 0 Å². The Morgan fingerprint density at radius 1 is 1.40 bits per heavy atom. The van der Waals surface area contributed by atoms with Gasteiger partial charge in [-0.15, -0.1) is 0 Å². The van der Waals surface area contributed by atoms with E-state index in [1.165, 1.54) is 6.42 Å². The summed E-state index contributed by atoms with van der Waals surface area (Å²) in [6.07, 6.45) is -1.60. The minimum Gasteiger partial charge on any atom is -0.383 e. The summed E-state index contributed by atoms with van der Waals surface area (Å²) in [5.41, 5.74) is 0. The maximum Gasteiger partial charge on any atom is 0.389 e. The zero-order valence-electron chi connectivity index (χ0n) is 12.5. The second-order valence-electron chi connectivity index (χ2n) is 5.64. The van der Waals surface area contributed by atoms with Crippen LogP contribution in [0.1, 0.15) is 39.0 Å². The summed E-state index contributed by atoms with van der Waals surface area (Å²) in [7, 11) is 1.65. The predicted molar refractivity (Wildman–Crippen MR) is 73.8 cm³/mol. The molecule has 1 saturated heterocycles. The highest BCUT2D eigenvalue weighted by Gasteiger charge is 2.27. The van der Waals surface area contributed by atoms with E-state index in [2.05, 4.69) is 10.2 Å². The van der Waals surface area contributed by atoms with Gasteiger partial charge >= 0.3 is 6.18 Å². The zero-order chi connectivity index (χ0) is 15.0. The van der Waals surface area contributed by atoms with Gasteiger partial charge in [0.15, 0.2) is 0 Å². The van der Waals surface area contributed by atoms with Crippen LogP contribution in [0.25, 0.3) is 0 Å². The minimum absolute atomic E-state index is 0.162. The van der Waals surface area contributed by atoms with E-state index in [1.54, 1.807) is 7.11 Å². The second-order valence-corrected chi connectivity index (χ2v) is 5.64. The lowest BCUT2D eigenvalue weighted by Gasteiger charge is -2.31. The molecule has 1 fully saturated rings. The second kappa shape index (κ2) is 8.85. The molecule has 0 radical (unpaired) electrons. The fourth-order valence-corrected chi connectivity index (χ4v) is 2.68.